The standard InChI is InChI=1S/C24H32ClN3O4S/c1-4-22(24(30)26-5-2)27(18-19-11-7-6-8-12-19)23(29)15-10-16-28(33(3,31)32)21-14-9-13-20(25)17-21/h6-9,11-14,17,22H,4-5,10,15-16,18H2,1-3H3,(H,26,30)/t22-/m1/s1. The topological polar surface area (TPSA) is 86.8 Å². The van der Waals surface area contributed by atoms with Crippen molar-refractivity contribution < 1.29 is 18.0 Å². The number of hydrogen-bond acceptors (Lipinski definition) is 4. The summed E-state index contributed by atoms with van der Waals surface area (Å²) in [6, 6.07) is 15.5. The van der Waals surface area contributed by atoms with Gasteiger partial charge in [-0.2, -0.15) is 0 Å². The van der Waals surface area contributed by atoms with Gasteiger partial charge in [-0.05, 0) is 43.5 Å². The number of nitrogens with one attached hydrogen (secondary N) is 1. The van der Waals surface area contributed by atoms with Crippen LogP contribution < -0.4 is 9.62 Å². The van der Waals surface area contributed by atoms with Crippen LogP contribution in [-0.4, -0.2) is 50.5 Å². The first-order valence-electron chi connectivity index (χ1n) is 11.0. The number of nitrogens with zero attached hydrogens (tertiary/aromatic N) is 2. The highest BCUT2D eigenvalue weighted by Gasteiger charge is 2.28. The third-order valence-electron chi connectivity index (χ3n) is 5.18. The van der Waals surface area contributed by atoms with E-state index in [2.05, 4.69) is 5.32 Å². The molecule has 2 aromatic rings. The quantitative estimate of drug-likeness (QED) is 0.486. The molecule has 9 heteroatoms. The first-order valence-corrected chi connectivity index (χ1v) is 13.2. The van der Waals surface area contributed by atoms with E-state index in [4.69, 9.17) is 11.6 Å². The maximum Gasteiger partial charge on any atom is 0.242 e. The first-order chi connectivity index (χ1) is 15.7. The van der Waals surface area contributed by atoms with Crippen LogP contribution >= 0.6 is 11.6 Å². The molecule has 0 unspecified atom stereocenters. The summed E-state index contributed by atoms with van der Waals surface area (Å²) >= 11 is 6.03. The smallest absolute Gasteiger partial charge is 0.242 e. The lowest BCUT2D eigenvalue weighted by molar-refractivity contribution is -0.141. The Morgan fingerprint density at radius 1 is 1.06 bits per heavy atom. The summed E-state index contributed by atoms with van der Waals surface area (Å²) in [7, 11) is -3.56. The maximum absolute atomic E-state index is 13.2. The third kappa shape index (κ3) is 8.05. The molecule has 1 atom stereocenters. The van der Waals surface area contributed by atoms with E-state index >= 15 is 0 Å². The van der Waals surface area contributed by atoms with Crippen LogP contribution in [0, 0.1) is 0 Å². The molecule has 0 saturated heterocycles. The Hall–Kier alpha value is -2.58. The van der Waals surface area contributed by atoms with Crippen LogP contribution in [0.15, 0.2) is 54.6 Å². The molecule has 2 amide bonds. The van der Waals surface area contributed by atoms with Crippen LogP contribution in [-0.2, 0) is 26.2 Å². The van der Waals surface area contributed by atoms with Crippen LogP contribution in [0.4, 0.5) is 5.69 Å². The molecule has 0 aliphatic carbocycles. The van der Waals surface area contributed by atoms with Crippen molar-refractivity contribution in [3.63, 3.8) is 0 Å². The van der Waals surface area contributed by atoms with Crippen molar-refractivity contribution in [3.05, 3.63) is 65.2 Å². The van der Waals surface area contributed by atoms with E-state index in [0.29, 0.717) is 36.6 Å². The molecular formula is C24H32ClN3O4S. The molecule has 0 fully saturated rings. The van der Waals surface area contributed by atoms with Gasteiger partial charge in [0.25, 0.3) is 0 Å². The highest BCUT2D eigenvalue weighted by atomic mass is 35.5. The summed E-state index contributed by atoms with van der Waals surface area (Å²) in [4.78, 5) is 27.5. The van der Waals surface area contributed by atoms with Gasteiger partial charge in [0.15, 0.2) is 0 Å². The molecule has 0 aromatic heterocycles. The lowest BCUT2D eigenvalue weighted by atomic mass is 10.1. The number of likely N-dealkylation sites (N-methyl/N-ethyl adjacent to an activating group) is 1. The molecule has 0 bridgehead atoms. The van der Waals surface area contributed by atoms with Crippen LogP contribution in [0.1, 0.15) is 38.7 Å². The van der Waals surface area contributed by atoms with Crippen molar-refractivity contribution in [1.29, 1.82) is 0 Å². The van der Waals surface area contributed by atoms with Crippen LogP contribution in [0.25, 0.3) is 0 Å². The monoisotopic (exact) mass is 493 g/mol. The molecule has 2 rings (SSSR count). The molecule has 0 radical (unpaired) electrons. The highest BCUT2D eigenvalue weighted by molar-refractivity contribution is 7.92. The van der Waals surface area contributed by atoms with Gasteiger partial charge in [0.1, 0.15) is 6.04 Å². The zero-order chi connectivity index (χ0) is 24.4. The number of rotatable bonds is 12. The SMILES string of the molecule is CCNC(=O)[C@@H](CC)N(Cc1ccccc1)C(=O)CCCN(c1cccc(Cl)c1)S(C)(=O)=O. The summed E-state index contributed by atoms with van der Waals surface area (Å²) in [6.45, 7) is 4.62. The van der Waals surface area contributed by atoms with Crippen molar-refractivity contribution in [2.24, 2.45) is 0 Å². The molecule has 0 aliphatic rings. The van der Waals surface area contributed by atoms with E-state index in [1.54, 1.807) is 29.2 Å². The van der Waals surface area contributed by atoms with Crippen LogP contribution in [0.2, 0.25) is 5.02 Å². The predicted octanol–water partition coefficient (Wildman–Crippen LogP) is 3.83. The highest BCUT2D eigenvalue weighted by Crippen LogP contribution is 2.23. The van der Waals surface area contributed by atoms with Crippen molar-refractivity contribution in [2.75, 3.05) is 23.7 Å². The average molecular weight is 494 g/mol. The lowest BCUT2D eigenvalue weighted by Crippen LogP contribution is -2.49. The molecule has 1 N–H and O–H groups in total. The third-order valence-corrected chi connectivity index (χ3v) is 6.61. The van der Waals surface area contributed by atoms with Gasteiger partial charge in [-0.1, -0.05) is 54.9 Å². The zero-order valence-electron chi connectivity index (χ0n) is 19.3. The number of anilines is 1. The van der Waals surface area contributed by atoms with Crippen molar-refractivity contribution in [3.8, 4) is 0 Å². The van der Waals surface area contributed by atoms with E-state index in [-0.39, 0.29) is 24.8 Å². The summed E-state index contributed by atoms with van der Waals surface area (Å²) < 4.78 is 25.9. The summed E-state index contributed by atoms with van der Waals surface area (Å²) in [6.07, 6.45) is 2.01. The fourth-order valence-corrected chi connectivity index (χ4v) is 4.77. The lowest BCUT2D eigenvalue weighted by Gasteiger charge is -2.31. The summed E-state index contributed by atoms with van der Waals surface area (Å²) in [5.74, 6) is -0.391. The molecule has 180 valence electrons. The number of carbonyl (C=O) groups is 2. The molecular weight excluding hydrogens is 462 g/mol. The van der Waals surface area contributed by atoms with Gasteiger partial charge in [-0.3, -0.25) is 13.9 Å². The summed E-state index contributed by atoms with van der Waals surface area (Å²) in [5, 5.41) is 3.24. The van der Waals surface area contributed by atoms with Crippen molar-refractivity contribution >= 4 is 39.1 Å². The Morgan fingerprint density at radius 3 is 2.33 bits per heavy atom. The van der Waals surface area contributed by atoms with Crippen molar-refractivity contribution in [1.82, 2.24) is 10.2 Å². The molecule has 0 heterocycles. The van der Waals surface area contributed by atoms with E-state index in [0.717, 1.165) is 11.8 Å². The molecule has 7 nitrogen and oxygen atoms in total. The second-order valence-electron chi connectivity index (χ2n) is 7.74. The fourth-order valence-electron chi connectivity index (χ4n) is 3.63. The molecule has 33 heavy (non-hydrogen) atoms. The fraction of sp³-hybridized carbons (Fsp3) is 0.417. The zero-order valence-corrected chi connectivity index (χ0v) is 20.9. The molecule has 0 aliphatic heterocycles. The van der Waals surface area contributed by atoms with E-state index in [1.807, 2.05) is 44.2 Å². The Kier molecular flexibility index (Phi) is 10.2. The van der Waals surface area contributed by atoms with E-state index in [9.17, 15) is 18.0 Å². The van der Waals surface area contributed by atoms with Gasteiger partial charge in [0.2, 0.25) is 21.8 Å². The second-order valence-corrected chi connectivity index (χ2v) is 10.1. The van der Waals surface area contributed by atoms with Gasteiger partial charge in [0.05, 0.1) is 11.9 Å². The Morgan fingerprint density at radius 2 is 1.76 bits per heavy atom. The number of carbonyl (C=O) groups excluding carboxylic acids is 2. The minimum Gasteiger partial charge on any atom is -0.355 e. The Labute approximate surface area is 201 Å². The summed E-state index contributed by atoms with van der Waals surface area (Å²) in [5.41, 5.74) is 1.37. The van der Waals surface area contributed by atoms with Crippen LogP contribution in [0.5, 0.6) is 0 Å². The number of benzene rings is 2. The van der Waals surface area contributed by atoms with E-state index < -0.39 is 16.1 Å². The Bertz CT molecular complexity index is 1030. The second kappa shape index (κ2) is 12.6. The maximum atomic E-state index is 13.2. The number of halogens is 1. The van der Waals surface area contributed by atoms with Crippen molar-refractivity contribution in [2.45, 2.75) is 45.7 Å². The number of hydrogen-bond donors (Lipinski definition) is 1. The average Bonchev–Trinajstić information content (AvgIpc) is 2.76. The van der Waals surface area contributed by atoms with Crippen LogP contribution in [0.3, 0.4) is 0 Å². The first kappa shape index (κ1) is 26.7. The van der Waals surface area contributed by atoms with E-state index in [1.165, 1.54) is 4.31 Å². The molecule has 2 aromatic carbocycles. The number of amides is 2. The Balaban J connectivity index is 2.17. The largest absolute Gasteiger partial charge is 0.355 e. The number of sulfonamides is 1. The van der Waals surface area contributed by atoms with Gasteiger partial charge in [0, 0.05) is 31.1 Å². The van der Waals surface area contributed by atoms with Gasteiger partial charge >= 0.3 is 0 Å². The van der Waals surface area contributed by atoms with Gasteiger partial charge in [-0.15, -0.1) is 0 Å². The normalized spacial score (nSPS) is 12.1. The van der Waals surface area contributed by atoms with Gasteiger partial charge in [-0.25, -0.2) is 8.42 Å². The predicted molar refractivity (Wildman–Crippen MR) is 133 cm³/mol. The molecule has 0 saturated carbocycles. The minimum absolute atomic E-state index is 0.106. The van der Waals surface area contributed by atoms with Gasteiger partial charge < -0.3 is 10.2 Å². The minimum atomic E-state index is -3.56. The molecule has 0 spiro atoms.